The first-order valence-corrected chi connectivity index (χ1v) is 6.35. The molecule has 2 heterocycles. The Kier molecular flexibility index (Phi) is 2.72. The van der Waals surface area contributed by atoms with Gasteiger partial charge in [0.05, 0.1) is 6.26 Å². The minimum absolute atomic E-state index is 0.0845. The molecular weight excluding hydrogens is 296 g/mol. The first-order chi connectivity index (χ1) is 8.68. The first kappa shape index (κ1) is 11.5. The van der Waals surface area contributed by atoms with Gasteiger partial charge in [-0.25, -0.2) is 0 Å². The van der Waals surface area contributed by atoms with E-state index in [1.54, 1.807) is 17.2 Å². The zero-order chi connectivity index (χ0) is 12.7. The number of halogens is 1. The van der Waals surface area contributed by atoms with Crippen LogP contribution in [0.4, 0.5) is 5.69 Å². The molecule has 0 saturated carbocycles. The van der Waals surface area contributed by atoms with Crippen LogP contribution < -0.4 is 10.6 Å². The molecule has 0 unspecified atom stereocenters. The average Bonchev–Trinajstić information content (AvgIpc) is 2.89. The molecule has 1 aliphatic heterocycles. The second-order valence-electron chi connectivity index (χ2n) is 4.17. The molecule has 1 aromatic heterocycles. The van der Waals surface area contributed by atoms with Crippen molar-refractivity contribution in [2.45, 2.75) is 12.1 Å². The normalized spacial score (nSPS) is 23.0. The van der Waals surface area contributed by atoms with E-state index in [0.29, 0.717) is 5.76 Å². The van der Waals surface area contributed by atoms with E-state index in [1.165, 1.54) is 0 Å². The van der Waals surface area contributed by atoms with Crippen molar-refractivity contribution in [3.8, 4) is 0 Å². The highest BCUT2D eigenvalue weighted by Gasteiger charge is 2.48. The Bertz CT molecular complexity index is 565. The molecule has 1 fully saturated rings. The number of amides is 1. The molecule has 3 rings (SSSR count). The summed E-state index contributed by atoms with van der Waals surface area (Å²) in [6.07, 6.45) is 1.59. The van der Waals surface area contributed by atoms with Gasteiger partial charge in [-0.05, 0) is 36.4 Å². The topological polar surface area (TPSA) is 59.5 Å². The Hall–Kier alpha value is -1.59. The van der Waals surface area contributed by atoms with Gasteiger partial charge in [-0.1, -0.05) is 15.9 Å². The maximum Gasteiger partial charge on any atom is 0.247 e. The second-order valence-corrected chi connectivity index (χ2v) is 5.09. The molecule has 2 aromatic rings. The molecule has 18 heavy (non-hydrogen) atoms. The van der Waals surface area contributed by atoms with Crippen LogP contribution in [0.2, 0.25) is 0 Å². The Morgan fingerprint density at radius 1 is 1.22 bits per heavy atom. The molecule has 2 atom stereocenters. The fourth-order valence-corrected chi connectivity index (χ4v) is 2.43. The van der Waals surface area contributed by atoms with Crippen molar-refractivity contribution in [2.24, 2.45) is 5.73 Å². The molecule has 5 heteroatoms. The minimum Gasteiger partial charge on any atom is -0.467 e. The van der Waals surface area contributed by atoms with Crippen molar-refractivity contribution in [1.29, 1.82) is 0 Å². The molecule has 4 nitrogen and oxygen atoms in total. The van der Waals surface area contributed by atoms with Crippen LogP contribution in [-0.4, -0.2) is 11.9 Å². The van der Waals surface area contributed by atoms with E-state index >= 15 is 0 Å². The summed E-state index contributed by atoms with van der Waals surface area (Å²) >= 11 is 3.37. The third-order valence-corrected chi connectivity index (χ3v) is 3.61. The number of nitrogens with zero attached hydrogens (tertiary/aromatic N) is 1. The van der Waals surface area contributed by atoms with Gasteiger partial charge in [0, 0.05) is 10.2 Å². The molecule has 0 radical (unpaired) electrons. The van der Waals surface area contributed by atoms with Crippen molar-refractivity contribution >= 4 is 27.5 Å². The van der Waals surface area contributed by atoms with Gasteiger partial charge >= 0.3 is 0 Å². The summed E-state index contributed by atoms with van der Waals surface area (Å²) in [4.78, 5) is 13.6. The van der Waals surface area contributed by atoms with E-state index in [2.05, 4.69) is 15.9 Å². The number of rotatable bonds is 2. The number of anilines is 1. The highest BCUT2D eigenvalue weighted by atomic mass is 79.9. The smallest absolute Gasteiger partial charge is 0.247 e. The number of benzene rings is 1. The molecule has 0 spiro atoms. The third-order valence-electron chi connectivity index (χ3n) is 3.08. The molecule has 1 aromatic carbocycles. The number of carbonyl (C=O) groups excluding carboxylic acids is 1. The van der Waals surface area contributed by atoms with Crippen LogP contribution in [0, 0.1) is 0 Å². The van der Waals surface area contributed by atoms with Crippen LogP contribution in [0.25, 0.3) is 0 Å². The van der Waals surface area contributed by atoms with Crippen LogP contribution in [0.15, 0.2) is 51.6 Å². The number of carbonyl (C=O) groups is 1. The minimum atomic E-state index is -0.528. The predicted molar refractivity (Wildman–Crippen MR) is 71.1 cm³/mol. The zero-order valence-corrected chi connectivity index (χ0v) is 11.0. The fraction of sp³-hybridized carbons (Fsp3) is 0.154. The summed E-state index contributed by atoms with van der Waals surface area (Å²) in [5.41, 5.74) is 6.68. The molecule has 1 amide bonds. The SMILES string of the molecule is N[C@@H]1C(=O)N(c2ccc(Br)cc2)[C@@H]1c1ccco1. The number of nitrogens with two attached hydrogens (primary N) is 1. The van der Waals surface area contributed by atoms with Crippen molar-refractivity contribution in [1.82, 2.24) is 0 Å². The molecule has 0 aliphatic carbocycles. The lowest BCUT2D eigenvalue weighted by atomic mass is 9.92. The summed E-state index contributed by atoms with van der Waals surface area (Å²) in [6, 6.07) is 10.4. The number of furan rings is 1. The number of hydrogen-bond acceptors (Lipinski definition) is 3. The Morgan fingerprint density at radius 3 is 2.56 bits per heavy atom. The van der Waals surface area contributed by atoms with Crippen LogP contribution >= 0.6 is 15.9 Å². The van der Waals surface area contributed by atoms with E-state index < -0.39 is 6.04 Å². The van der Waals surface area contributed by atoms with Gasteiger partial charge in [0.1, 0.15) is 17.8 Å². The Morgan fingerprint density at radius 2 is 1.94 bits per heavy atom. The third kappa shape index (κ3) is 1.67. The summed E-state index contributed by atoms with van der Waals surface area (Å²) in [7, 11) is 0. The average molecular weight is 307 g/mol. The standard InChI is InChI=1S/C13H11BrN2O2/c14-8-3-5-9(6-4-8)16-12(11(15)13(16)17)10-2-1-7-18-10/h1-7,11-12H,15H2/t11-,12+/m0/s1. The molecule has 1 saturated heterocycles. The van der Waals surface area contributed by atoms with E-state index in [9.17, 15) is 4.79 Å². The highest BCUT2D eigenvalue weighted by molar-refractivity contribution is 9.10. The number of β-lactam (4-membered cyclic amide) rings is 1. The second kappa shape index (κ2) is 4.26. The van der Waals surface area contributed by atoms with Gasteiger partial charge in [-0.2, -0.15) is 0 Å². The lowest BCUT2D eigenvalue weighted by Crippen LogP contribution is -2.63. The molecule has 92 valence electrons. The quantitative estimate of drug-likeness (QED) is 0.867. The molecule has 2 N–H and O–H groups in total. The van der Waals surface area contributed by atoms with Crippen molar-refractivity contribution in [3.05, 3.63) is 52.9 Å². The van der Waals surface area contributed by atoms with E-state index in [1.807, 2.05) is 30.3 Å². The van der Waals surface area contributed by atoms with Gasteiger partial charge in [-0.15, -0.1) is 0 Å². The van der Waals surface area contributed by atoms with Gasteiger partial charge in [0.2, 0.25) is 5.91 Å². The van der Waals surface area contributed by atoms with Gasteiger partial charge in [0.25, 0.3) is 0 Å². The van der Waals surface area contributed by atoms with Gasteiger partial charge in [0.15, 0.2) is 0 Å². The van der Waals surface area contributed by atoms with E-state index in [4.69, 9.17) is 10.2 Å². The Balaban J connectivity index is 1.95. The maximum absolute atomic E-state index is 11.9. The molecule has 0 bridgehead atoms. The van der Waals surface area contributed by atoms with Gasteiger partial charge in [-0.3, -0.25) is 9.69 Å². The Labute approximate surface area is 113 Å². The van der Waals surface area contributed by atoms with Crippen LogP contribution in [0.3, 0.4) is 0 Å². The van der Waals surface area contributed by atoms with Crippen molar-refractivity contribution in [2.75, 3.05) is 4.90 Å². The lowest BCUT2D eigenvalue weighted by Gasteiger charge is -2.44. The van der Waals surface area contributed by atoms with E-state index in [0.717, 1.165) is 10.2 Å². The monoisotopic (exact) mass is 306 g/mol. The summed E-state index contributed by atoms with van der Waals surface area (Å²) < 4.78 is 6.32. The summed E-state index contributed by atoms with van der Waals surface area (Å²) in [5.74, 6) is 0.628. The number of hydrogen-bond donors (Lipinski definition) is 1. The predicted octanol–water partition coefficient (Wildman–Crippen LogP) is 2.46. The zero-order valence-electron chi connectivity index (χ0n) is 9.42. The van der Waals surface area contributed by atoms with Crippen LogP contribution in [-0.2, 0) is 4.79 Å². The maximum atomic E-state index is 11.9. The summed E-state index contributed by atoms with van der Waals surface area (Å²) in [6.45, 7) is 0. The van der Waals surface area contributed by atoms with Crippen LogP contribution in [0.5, 0.6) is 0 Å². The molecular formula is C13H11BrN2O2. The van der Waals surface area contributed by atoms with Gasteiger partial charge < -0.3 is 10.2 Å². The van der Waals surface area contributed by atoms with E-state index in [-0.39, 0.29) is 11.9 Å². The summed E-state index contributed by atoms with van der Waals surface area (Å²) in [5, 5.41) is 0. The fourth-order valence-electron chi connectivity index (χ4n) is 2.16. The highest BCUT2D eigenvalue weighted by Crippen LogP contribution is 2.38. The van der Waals surface area contributed by atoms with Crippen molar-refractivity contribution in [3.63, 3.8) is 0 Å². The largest absolute Gasteiger partial charge is 0.467 e. The van der Waals surface area contributed by atoms with Crippen LogP contribution in [0.1, 0.15) is 11.8 Å². The lowest BCUT2D eigenvalue weighted by molar-refractivity contribution is -0.126. The molecule has 1 aliphatic rings. The van der Waals surface area contributed by atoms with Crippen molar-refractivity contribution < 1.29 is 9.21 Å². The first-order valence-electron chi connectivity index (χ1n) is 5.56.